The molecule has 0 saturated heterocycles. The third-order valence-corrected chi connectivity index (χ3v) is 3.75. The number of hydrogen-bond acceptors (Lipinski definition) is 2. The van der Waals surface area contributed by atoms with Crippen LogP contribution in [0.5, 0.6) is 0 Å². The van der Waals surface area contributed by atoms with Gasteiger partial charge in [-0.05, 0) is 29.8 Å². The quantitative estimate of drug-likeness (QED) is 0.810. The Morgan fingerprint density at radius 2 is 1.56 bits per heavy atom. The van der Waals surface area contributed by atoms with Gasteiger partial charge in [0.15, 0.2) is 0 Å². The van der Waals surface area contributed by atoms with E-state index >= 15 is 0 Å². The average molecular weight is 280 g/mol. The molecule has 0 aliphatic heterocycles. The van der Waals surface area contributed by atoms with Gasteiger partial charge in [-0.25, -0.2) is 0 Å². The lowest BCUT2D eigenvalue weighted by Gasteiger charge is -1.98. The largest absolute Gasteiger partial charge is 0.282 e. The smallest absolute Gasteiger partial charge is 0.199 e. The van der Waals surface area contributed by atoms with Crippen LogP contribution in [0.4, 0.5) is 0 Å². The van der Waals surface area contributed by atoms with Gasteiger partial charge in [-0.1, -0.05) is 41.9 Å². The molecule has 0 atom stereocenters. The minimum Gasteiger partial charge on any atom is -0.199 e. The fourth-order valence-corrected chi connectivity index (χ4v) is 2.32. The normalized spacial score (nSPS) is 11.8. The molecule has 0 aliphatic rings. The van der Waals surface area contributed by atoms with Crippen molar-refractivity contribution in [2.45, 2.75) is 4.90 Å². The van der Waals surface area contributed by atoms with E-state index in [4.69, 9.17) is 11.6 Å². The summed E-state index contributed by atoms with van der Waals surface area (Å²) < 4.78 is 27.4. The van der Waals surface area contributed by atoms with E-state index in [2.05, 4.69) is 4.40 Å². The van der Waals surface area contributed by atoms with Crippen molar-refractivity contribution in [3.05, 3.63) is 65.2 Å². The maximum Gasteiger partial charge on any atom is 0.282 e. The van der Waals surface area contributed by atoms with Crippen LogP contribution in [-0.4, -0.2) is 14.6 Å². The Bertz CT molecular complexity index is 649. The number of halogens is 1. The molecule has 92 valence electrons. The zero-order chi connectivity index (χ0) is 13.0. The van der Waals surface area contributed by atoms with Crippen LogP contribution >= 0.6 is 11.6 Å². The van der Waals surface area contributed by atoms with Gasteiger partial charge in [-0.15, -0.1) is 0 Å². The number of benzene rings is 2. The zero-order valence-corrected chi connectivity index (χ0v) is 10.9. The minimum atomic E-state index is -3.66. The predicted molar refractivity (Wildman–Crippen MR) is 72.7 cm³/mol. The lowest BCUT2D eigenvalue weighted by molar-refractivity contribution is 0.598. The molecule has 0 spiro atoms. The second kappa shape index (κ2) is 5.33. The van der Waals surface area contributed by atoms with Gasteiger partial charge in [0.1, 0.15) is 0 Å². The third-order valence-electron chi connectivity index (χ3n) is 2.25. The molecule has 0 heterocycles. The molecule has 2 rings (SSSR count). The van der Waals surface area contributed by atoms with Gasteiger partial charge in [-0.2, -0.15) is 12.8 Å². The molecule has 5 heteroatoms. The molecule has 0 unspecified atom stereocenters. The molecule has 0 N–H and O–H groups in total. The standard InChI is InChI=1S/C13H10ClNO2S/c14-12-6-8-13(9-7-12)18(16,17)15-10-11-4-2-1-3-5-11/h1-10H/b15-10+. The van der Waals surface area contributed by atoms with E-state index in [1.807, 2.05) is 18.2 Å². The summed E-state index contributed by atoms with van der Waals surface area (Å²) in [6, 6.07) is 14.9. The second-order valence-electron chi connectivity index (χ2n) is 3.57. The summed E-state index contributed by atoms with van der Waals surface area (Å²) in [5.74, 6) is 0. The Morgan fingerprint density at radius 1 is 0.944 bits per heavy atom. The highest BCUT2D eigenvalue weighted by molar-refractivity contribution is 7.90. The van der Waals surface area contributed by atoms with E-state index in [1.54, 1.807) is 12.1 Å². The van der Waals surface area contributed by atoms with Crippen molar-refractivity contribution in [2.75, 3.05) is 0 Å². The number of rotatable bonds is 3. The first-order valence-electron chi connectivity index (χ1n) is 5.19. The van der Waals surface area contributed by atoms with Gasteiger partial charge in [0.2, 0.25) is 0 Å². The molecule has 18 heavy (non-hydrogen) atoms. The van der Waals surface area contributed by atoms with Crippen molar-refractivity contribution in [3.63, 3.8) is 0 Å². The van der Waals surface area contributed by atoms with Crippen LogP contribution in [0.15, 0.2) is 63.9 Å². The number of nitrogens with zero attached hydrogens (tertiary/aromatic N) is 1. The Morgan fingerprint density at radius 3 is 2.17 bits per heavy atom. The van der Waals surface area contributed by atoms with Crippen molar-refractivity contribution >= 4 is 27.8 Å². The Hall–Kier alpha value is -1.65. The van der Waals surface area contributed by atoms with Crippen LogP contribution in [-0.2, 0) is 10.0 Å². The van der Waals surface area contributed by atoms with Crippen molar-refractivity contribution in [1.82, 2.24) is 0 Å². The highest BCUT2D eigenvalue weighted by Gasteiger charge is 2.10. The van der Waals surface area contributed by atoms with E-state index in [1.165, 1.54) is 30.5 Å². The topological polar surface area (TPSA) is 46.5 Å². The van der Waals surface area contributed by atoms with Crippen molar-refractivity contribution in [2.24, 2.45) is 4.40 Å². The SMILES string of the molecule is O=S(=O)(/N=C/c1ccccc1)c1ccc(Cl)cc1. The van der Waals surface area contributed by atoms with Gasteiger partial charge < -0.3 is 0 Å². The summed E-state index contributed by atoms with van der Waals surface area (Å²) >= 11 is 5.70. The Labute approximate surface area is 111 Å². The molecular weight excluding hydrogens is 270 g/mol. The van der Waals surface area contributed by atoms with E-state index in [0.29, 0.717) is 5.02 Å². The monoisotopic (exact) mass is 279 g/mol. The Balaban J connectivity index is 2.28. The first-order chi connectivity index (χ1) is 8.58. The summed E-state index contributed by atoms with van der Waals surface area (Å²) in [5, 5.41) is 0.487. The predicted octanol–water partition coefficient (Wildman–Crippen LogP) is 3.15. The number of sulfonamides is 1. The fraction of sp³-hybridized carbons (Fsp3) is 0. The molecular formula is C13H10ClNO2S. The summed E-state index contributed by atoms with van der Waals surface area (Å²) in [6.07, 6.45) is 1.32. The molecule has 0 bridgehead atoms. The van der Waals surface area contributed by atoms with E-state index in [0.717, 1.165) is 5.56 Å². The van der Waals surface area contributed by atoms with E-state index < -0.39 is 10.0 Å². The van der Waals surface area contributed by atoms with E-state index in [9.17, 15) is 8.42 Å². The first-order valence-corrected chi connectivity index (χ1v) is 7.01. The van der Waals surface area contributed by atoms with Crippen molar-refractivity contribution in [3.8, 4) is 0 Å². The summed E-state index contributed by atoms with van der Waals surface area (Å²) in [6.45, 7) is 0. The molecule has 0 aliphatic carbocycles. The maximum absolute atomic E-state index is 11.9. The van der Waals surface area contributed by atoms with Gasteiger partial charge in [0.25, 0.3) is 10.0 Å². The van der Waals surface area contributed by atoms with Gasteiger partial charge in [0, 0.05) is 11.2 Å². The molecule has 2 aromatic rings. The van der Waals surface area contributed by atoms with Crippen LogP contribution in [0.25, 0.3) is 0 Å². The minimum absolute atomic E-state index is 0.124. The first kappa shape index (κ1) is 12.8. The molecule has 0 aromatic heterocycles. The van der Waals surface area contributed by atoms with Gasteiger partial charge in [0.05, 0.1) is 4.90 Å². The van der Waals surface area contributed by atoms with Gasteiger partial charge >= 0.3 is 0 Å². The Kier molecular flexibility index (Phi) is 3.79. The number of hydrogen-bond donors (Lipinski definition) is 0. The van der Waals surface area contributed by atoms with Crippen LogP contribution in [0.2, 0.25) is 5.02 Å². The fourth-order valence-electron chi connectivity index (χ4n) is 1.34. The average Bonchev–Trinajstić information content (AvgIpc) is 2.38. The van der Waals surface area contributed by atoms with Crippen LogP contribution in [0.1, 0.15) is 5.56 Å². The van der Waals surface area contributed by atoms with Crippen LogP contribution in [0, 0.1) is 0 Å². The van der Waals surface area contributed by atoms with E-state index in [-0.39, 0.29) is 4.90 Å². The summed E-state index contributed by atoms with van der Waals surface area (Å²) in [4.78, 5) is 0.124. The molecule has 0 fully saturated rings. The third kappa shape index (κ3) is 3.18. The molecule has 2 aromatic carbocycles. The highest BCUT2D eigenvalue weighted by atomic mass is 35.5. The molecule has 3 nitrogen and oxygen atoms in total. The van der Waals surface area contributed by atoms with Crippen LogP contribution in [0.3, 0.4) is 0 Å². The lowest BCUT2D eigenvalue weighted by Crippen LogP contribution is -1.97. The van der Waals surface area contributed by atoms with Gasteiger partial charge in [-0.3, -0.25) is 0 Å². The second-order valence-corrected chi connectivity index (χ2v) is 5.64. The molecule has 0 amide bonds. The van der Waals surface area contributed by atoms with Crippen molar-refractivity contribution < 1.29 is 8.42 Å². The molecule has 0 radical (unpaired) electrons. The van der Waals surface area contributed by atoms with Crippen molar-refractivity contribution in [1.29, 1.82) is 0 Å². The zero-order valence-electron chi connectivity index (χ0n) is 9.32. The lowest BCUT2D eigenvalue weighted by atomic mass is 10.2. The highest BCUT2D eigenvalue weighted by Crippen LogP contribution is 2.16. The summed E-state index contributed by atoms with van der Waals surface area (Å²) in [5.41, 5.74) is 0.732. The van der Waals surface area contributed by atoms with Crippen LogP contribution < -0.4 is 0 Å². The summed E-state index contributed by atoms with van der Waals surface area (Å²) in [7, 11) is -3.66. The molecule has 0 saturated carbocycles. The maximum atomic E-state index is 11.9.